The summed E-state index contributed by atoms with van der Waals surface area (Å²) in [5.74, 6) is 0.592. The van der Waals surface area contributed by atoms with Crippen LogP contribution in [0.5, 0.6) is 0 Å². The average Bonchev–Trinajstić information content (AvgIpc) is 2.89. The molecule has 0 spiro atoms. The predicted molar refractivity (Wildman–Crippen MR) is 87.0 cm³/mol. The molecule has 1 heterocycles. The molecule has 3 atom stereocenters. The summed E-state index contributed by atoms with van der Waals surface area (Å²) in [6, 6.07) is 13.1. The van der Waals surface area contributed by atoms with E-state index in [0.29, 0.717) is 5.92 Å². The largest absolute Gasteiger partial charge is 0.376 e. The molecule has 0 radical (unpaired) electrons. The molecular weight excluding hydrogens is 314 g/mol. The first-order valence-corrected chi connectivity index (χ1v) is 7.97. The minimum Gasteiger partial charge on any atom is -0.376 e. The maximum absolute atomic E-state index is 5.98. The van der Waals surface area contributed by atoms with Gasteiger partial charge in [0.15, 0.2) is 0 Å². The number of ether oxygens (including phenoxy) is 1. The van der Waals surface area contributed by atoms with E-state index in [-0.39, 0.29) is 12.1 Å². The standard InChI is InChI=1S/C17H20BrNO/c1-11-9-10-20-17(11)16(19-2)14-7-8-15(18)13-6-4-3-5-12(13)14/h3-8,11,16-17,19H,9-10H2,1-2H3. The van der Waals surface area contributed by atoms with Crippen LogP contribution in [0.4, 0.5) is 0 Å². The quantitative estimate of drug-likeness (QED) is 0.904. The van der Waals surface area contributed by atoms with Crippen LogP contribution in [0.3, 0.4) is 0 Å². The fraction of sp³-hybridized carbons (Fsp3) is 0.412. The number of hydrogen-bond donors (Lipinski definition) is 1. The summed E-state index contributed by atoms with van der Waals surface area (Å²) in [4.78, 5) is 0. The highest BCUT2D eigenvalue weighted by Gasteiger charge is 2.32. The molecule has 106 valence electrons. The summed E-state index contributed by atoms with van der Waals surface area (Å²) in [7, 11) is 2.02. The van der Waals surface area contributed by atoms with Gasteiger partial charge in [-0.15, -0.1) is 0 Å². The topological polar surface area (TPSA) is 21.3 Å². The van der Waals surface area contributed by atoms with E-state index in [2.05, 4.69) is 64.6 Å². The molecule has 3 heteroatoms. The van der Waals surface area contributed by atoms with Crippen molar-refractivity contribution in [2.24, 2.45) is 5.92 Å². The molecule has 2 aromatic rings. The Bertz CT molecular complexity index is 613. The van der Waals surface area contributed by atoms with E-state index in [4.69, 9.17) is 4.74 Å². The monoisotopic (exact) mass is 333 g/mol. The molecule has 0 aliphatic carbocycles. The number of halogens is 1. The summed E-state index contributed by atoms with van der Waals surface area (Å²) >= 11 is 3.65. The van der Waals surface area contributed by atoms with Crippen LogP contribution in [0.25, 0.3) is 10.8 Å². The van der Waals surface area contributed by atoms with Crippen LogP contribution in [-0.2, 0) is 4.74 Å². The summed E-state index contributed by atoms with van der Waals surface area (Å²) in [6.45, 7) is 3.15. The van der Waals surface area contributed by atoms with E-state index >= 15 is 0 Å². The molecule has 1 aliphatic heterocycles. The van der Waals surface area contributed by atoms with E-state index in [9.17, 15) is 0 Å². The Morgan fingerprint density at radius 1 is 1.20 bits per heavy atom. The first-order chi connectivity index (χ1) is 9.72. The molecule has 1 N–H and O–H groups in total. The second-order valence-electron chi connectivity index (χ2n) is 5.55. The van der Waals surface area contributed by atoms with Crippen molar-refractivity contribution in [3.63, 3.8) is 0 Å². The number of fused-ring (bicyclic) bond motifs is 1. The third-order valence-electron chi connectivity index (χ3n) is 4.32. The molecule has 3 unspecified atom stereocenters. The second kappa shape index (κ2) is 5.84. The van der Waals surface area contributed by atoms with Crippen LogP contribution in [0.2, 0.25) is 0 Å². The second-order valence-corrected chi connectivity index (χ2v) is 6.40. The van der Waals surface area contributed by atoms with Gasteiger partial charge in [-0.2, -0.15) is 0 Å². The van der Waals surface area contributed by atoms with Gasteiger partial charge in [-0.05, 0) is 41.8 Å². The Labute approximate surface area is 128 Å². The molecule has 2 nitrogen and oxygen atoms in total. The third kappa shape index (κ3) is 2.39. The fourth-order valence-electron chi connectivity index (χ4n) is 3.20. The van der Waals surface area contributed by atoms with Gasteiger partial charge >= 0.3 is 0 Å². The molecule has 0 aromatic heterocycles. The molecule has 1 aliphatic rings. The highest BCUT2D eigenvalue weighted by molar-refractivity contribution is 9.10. The van der Waals surface area contributed by atoms with Crippen molar-refractivity contribution in [1.82, 2.24) is 5.32 Å². The van der Waals surface area contributed by atoms with Gasteiger partial charge in [0.1, 0.15) is 0 Å². The maximum Gasteiger partial charge on any atom is 0.0796 e. The van der Waals surface area contributed by atoms with Gasteiger partial charge in [-0.1, -0.05) is 53.2 Å². The van der Waals surface area contributed by atoms with Crippen molar-refractivity contribution in [2.75, 3.05) is 13.7 Å². The predicted octanol–water partition coefficient (Wildman–Crippen LogP) is 4.29. The highest BCUT2D eigenvalue weighted by Crippen LogP contribution is 2.36. The minimum absolute atomic E-state index is 0.241. The van der Waals surface area contributed by atoms with Crippen LogP contribution < -0.4 is 5.32 Å². The van der Waals surface area contributed by atoms with Crippen LogP contribution >= 0.6 is 15.9 Å². The maximum atomic E-state index is 5.98. The summed E-state index contributed by atoms with van der Waals surface area (Å²) in [5.41, 5.74) is 1.32. The molecule has 0 bridgehead atoms. The van der Waals surface area contributed by atoms with Gasteiger partial charge in [0.2, 0.25) is 0 Å². The molecule has 1 fully saturated rings. The Hall–Kier alpha value is -0.900. The Kier molecular flexibility index (Phi) is 4.11. The zero-order valence-electron chi connectivity index (χ0n) is 11.9. The molecule has 0 amide bonds. The van der Waals surface area contributed by atoms with Gasteiger partial charge < -0.3 is 10.1 Å². The minimum atomic E-state index is 0.241. The van der Waals surface area contributed by atoms with Gasteiger partial charge in [-0.3, -0.25) is 0 Å². The van der Waals surface area contributed by atoms with Crippen molar-refractivity contribution in [3.8, 4) is 0 Å². The lowest BCUT2D eigenvalue weighted by Crippen LogP contribution is -2.32. The molecule has 3 rings (SSSR count). The molecule has 20 heavy (non-hydrogen) atoms. The lowest BCUT2D eigenvalue weighted by Gasteiger charge is -2.27. The van der Waals surface area contributed by atoms with Crippen molar-refractivity contribution >= 4 is 26.7 Å². The van der Waals surface area contributed by atoms with Gasteiger partial charge in [-0.25, -0.2) is 0 Å². The molecule has 0 saturated carbocycles. The number of benzene rings is 2. The summed E-state index contributed by atoms with van der Waals surface area (Å²) in [6.07, 6.45) is 1.40. The smallest absolute Gasteiger partial charge is 0.0796 e. The first kappa shape index (κ1) is 14.1. The van der Waals surface area contributed by atoms with Crippen LogP contribution in [0, 0.1) is 5.92 Å². The van der Waals surface area contributed by atoms with E-state index < -0.39 is 0 Å². The third-order valence-corrected chi connectivity index (χ3v) is 5.02. The Balaban J connectivity index is 2.10. The van der Waals surface area contributed by atoms with Crippen molar-refractivity contribution in [3.05, 3.63) is 46.4 Å². The van der Waals surface area contributed by atoms with Crippen LogP contribution in [0.1, 0.15) is 24.9 Å². The number of rotatable bonds is 3. The van der Waals surface area contributed by atoms with E-state index in [1.807, 2.05) is 7.05 Å². The van der Waals surface area contributed by atoms with Crippen molar-refractivity contribution in [2.45, 2.75) is 25.5 Å². The van der Waals surface area contributed by atoms with Gasteiger partial charge in [0.25, 0.3) is 0 Å². The molecule has 2 aromatic carbocycles. The van der Waals surface area contributed by atoms with Crippen LogP contribution in [-0.4, -0.2) is 19.8 Å². The van der Waals surface area contributed by atoms with Crippen molar-refractivity contribution in [1.29, 1.82) is 0 Å². The number of likely N-dealkylation sites (N-methyl/N-ethyl adjacent to an activating group) is 1. The van der Waals surface area contributed by atoms with E-state index in [0.717, 1.165) is 17.5 Å². The van der Waals surface area contributed by atoms with E-state index in [1.54, 1.807) is 0 Å². The Morgan fingerprint density at radius 3 is 2.60 bits per heavy atom. The fourth-order valence-corrected chi connectivity index (χ4v) is 3.67. The Morgan fingerprint density at radius 2 is 1.95 bits per heavy atom. The van der Waals surface area contributed by atoms with Gasteiger partial charge in [0, 0.05) is 11.1 Å². The van der Waals surface area contributed by atoms with Crippen LogP contribution in [0.15, 0.2) is 40.9 Å². The summed E-state index contributed by atoms with van der Waals surface area (Å²) < 4.78 is 7.12. The SMILES string of the molecule is CNC(c1ccc(Br)c2ccccc12)C1OCCC1C. The molecule has 1 saturated heterocycles. The molecular formula is C17H20BrNO. The first-order valence-electron chi connectivity index (χ1n) is 7.18. The highest BCUT2D eigenvalue weighted by atomic mass is 79.9. The van der Waals surface area contributed by atoms with Gasteiger partial charge in [0.05, 0.1) is 12.1 Å². The normalized spacial score (nSPS) is 24.1. The van der Waals surface area contributed by atoms with Crippen molar-refractivity contribution < 1.29 is 4.74 Å². The summed E-state index contributed by atoms with van der Waals surface area (Å²) in [5, 5.41) is 6.02. The number of hydrogen-bond acceptors (Lipinski definition) is 2. The average molecular weight is 334 g/mol. The zero-order valence-corrected chi connectivity index (χ0v) is 13.5. The van der Waals surface area contributed by atoms with E-state index in [1.165, 1.54) is 16.3 Å². The zero-order chi connectivity index (χ0) is 14.1. The lowest BCUT2D eigenvalue weighted by molar-refractivity contribution is 0.0635. The number of nitrogens with one attached hydrogen (secondary N) is 1. The lowest BCUT2D eigenvalue weighted by atomic mass is 9.90.